The number of hydrogen-bond donors (Lipinski definition) is 0. The van der Waals surface area contributed by atoms with Crippen LogP contribution in [0.4, 0.5) is 0 Å². The third-order valence-electron chi connectivity index (χ3n) is 8.79. The minimum atomic E-state index is -0.178. The molecule has 1 spiro atoms. The Morgan fingerprint density at radius 3 is 2.45 bits per heavy atom. The molecule has 5 rings (SSSR count). The molecule has 5 aliphatic rings. The molecule has 0 aromatic rings. The molecule has 2 heteroatoms. The summed E-state index contributed by atoms with van der Waals surface area (Å²) in [5, 5.41) is 0. The van der Waals surface area contributed by atoms with Crippen LogP contribution in [0.2, 0.25) is 0 Å². The summed E-state index contributed by atoms with van der Waals surface area (Å²) >= 11 is 0. The summed E-state index contributed by atoms with van der Waals surface area (Å²) in [6.07, 6.45) is 5.68. The smallest absolute Gasteiger partial charge is 0.0825 e. The molecule has 0 N–H and O–H groups in total. The van der Waals surface area contributed by atoms with E-state index in [0.717, 1.165) is 23.2 Å². The Labute approximate surface area is 124 Å². The fraction of sp³-hybridized carbons (Fsp3) is 0.889. The third kappa shape index (κ3) is 0.968. The maximum absolute atomic E-state index is 7.03. The van der Waals surface area contributed by atoms with Crippen molar-refractivity contribution in [3.63, 3.8) is 0 Å². The first-order valence-corrected chi connectivity index (χ1v) is 9.88. The van der Waals surface area contributed by atoms with E-state index < -0.39 is 0 Å². The number of allylic oxidation sites excluding steroid dienone is 2. The molecule has 0 aromatic heterocycles. The Balaban J connectivity index is 1.64. The van der Waals surface area contributed by atoms with Gasteiger partial charge in [0.1, 0.15) is 0 Å². The predicted octanol–water partition coefficient (Wildman–Crippen LogP) is 5.11. The second-order valence-electron chi connectivity index (χ2n) is 9.00. The lowest BCUT2D eigenvalue weighted by Gasteiger charge is -2.52. The molecule has 20 heavy (non-hydrogen) atoms. The lowest BCUT2D eigenvalue weighted by atomic mass is 9.58. The highest BCUT2D eigenvalue weighted by atomic mass is 31.1. The molecule has 3 aliphatic heterocycles. The molecule has 0 radical (unpaired) electrons. The zero-order valence-corrected chi connectivity index (χ0v) is 14.4. The first-order valence-electron chi connectivity index (χ1n) is 8.48. The average molecular weight is 290 g/mol. The minimum Gasteiger partial charge on any atom is -0.351 e. The predicted molar refractivity (Wildman–Crippen MR) is 84.0 cm³/mol. The number of rotatable bonds is 0. The second-order valence-corrected chi connectivity index (χ2v) is 11.1. The highest BCUT2D eigenvalue weighted by molar-refractivity contribution is 7.56. The largest absolute Gasteiger partial charge is 0.351 e. The molecule has 7 atom stereocenters. The Bertz CT molecular complexity index is 550. The van der Waals surface area contributed by atoms with Crippen molar-refractivity contribution < 1.29 is 4.52 Å². The van der Waals surface area contributed by atoms with Crippen molar-refractivity contribution in [2.24, 2.45) is 22.7 Å². The van der Waals surface area contributed by atoms with E-state index >= 15 is 0 Å². The van der Waals surface area contributed by atoms with E-state index in [-0.39, 0.29) is 13.7 Å². The number of fused-ring (bicyclic) bond motifs is 4. The fourth-order valence-corrected chi connectivity index (χ4v) is 10.8. The summed E-state index contributed by atoms with van der Waals surface area (Å²) in [5.41, 5.74) is 6.26. The van der Waals surface area contributed by atoms with Gasteiger partial charge in [-0.15, -0.1) is 0 Å². The van der Waals surface area contributed by atoms with Crippen molar-refractivity contribution in [3.8, 4) is 0 Å². The fourth-order valence-electron chi connectivity index (χ4n) is 7.02. The van der Waals surface area contributed by atoms with Crippen LogP contribution < -0.4 is 0 Å². The van der Waals surface area contributed by atoms with Crippen LogP contribution in [0.1, 0.15) is 60.3 Å². The monoisotopic (exact) mass is 290 g/mol. The molecule has 1 unspecified atom stereocenters. The summed E-state index contributed by atoms with van der Waals surface area (Å²) in [7, 11) is -0.178. The van der Waals surface area contributed by atoms with E-state index in [0.29, 0.717) is 10.8 Å². The van der Waals surface area contributed by atoms with Gasteiger partial charge < -0.3 is 4.52 Å². The average Bonchev–Trinajstić information content (AvgIpc) is 3.07. The van der Waals surface area contributed by atoms with Gasteiger partial charge in [-0.05, 0) is 50.9 Å². The third-order valence-corrected chi connectivity index (χ3v) is 11.8. The van der Waals surface area contributed by atoms with E-state index in [4.69, 9.17) is 4.52 Å². The number of hydrogen-bond acceptors (Lipinski definition) is 1. The summed E-state index contributed by atoms with van der Waals surface area (Å²) in [4.78, 5) is 0. The van der Waals surface area contributed by atoms with Crippen molar-refractivity contribution in [2.75, 3.05) is 0 Å². The molecule has 2 aliphatic carbocycles. The summed E-state index contributed by atoms with van der Waals surface area (Å²) in [6, 6.07) is 0. The molecular weight excluding hydrogens is 263 g/mol. The van der Waals surface area contributed by atoms with Gasteiger partial charge in [-0.2, -0.15) is 0 Å². The molecule has 3 heterocycles. The highest BCUT2D eigenvalue weighted by Gasteiger charge is 2.78. The first kappa shape index (κ1) is 12.7. The van der Waals surface area contributed by atoms with Crippen LogP contribution in [0, 0.1) is 22.7 Å². The summed E-state index contributed by atoms with van der Waals surface area (Å²) in [6.45, 7) is 12.4. The standard InChI is InChI=1S/C18H27OP/c1-10-11(2)15-13-8-14(10)20(15)19-18(13)9-12-6-7-17(18,5)16(12,3)4/h12-15H,6-9H2,1-5H3/t12-,13-,14+,15+,17-,18+,20?/m1/s1. The van der Waals surface area contributed by atoms with E-state index in [9.17, 15) is 0 Å². The zero-order valence-electron chi connectivity index (χ0n) is 13.5. The highest BCUT2D eigenvalue weighted by Crippen LogP contribution is 2.85. The Kier molecular flexibility index (Phi) is 2.04. The quantitative estimate of drug-likeness (QED) is 0.445. The van der Waals surface area contributed by atoms with Gasteiger partial charge in [-0.3, -0.25) is 0 Å². The molecule has 2 saturated heterocycles. The molecule has 6 bridgehead atoms. The van der Waals surface area contributed by atoms with E-state index in [1.807, 2.05) is 0 Å². The van der Waals surface area contributed by atoms with Crippen LogP contribution in [0.25, 0.3) is 0 Å². The van der Waals surface area contributed by atoms with Gasteiger partial charge in [0, 0.05) is 30.8 Å². The Morgan fingerprint density at radius 2 is 1.90 bits per heavy atom. The molecule has 0 aromatic carbocycles. The van der Waals surface area contributed by atoms with Crippen LogP contribution in [-0.4, -0.2) is 16.9 Å². The summed E-state index contributed by atoms with van der Waals surface area (Å²) < 4.78 is 7.03. The van der Waals surface area contributed by atoms with Gasteiger partial charge in [0.15, 0.2) is 0 Å². The maximum atomic E-state index is 7.03. The van der Waals surface area contributed by atoms with E-state index in [2.05, 4.69) is 34.6 Å². The zero-order chi connectivity index (χ0) is 14.1. The van der Waals surface area contributed by atoms with E-state index in [1.165, 1.54) is 25.7 Å². The topological polar surface area (TPSA) is 9.23 Å². The molecule has 0 amide bonds. The molecule has 2 saturated carbocycles. The van der Waals surface area contributed by atoms with Gasteiger partial charge in [0.05, 0.1) is 5.60 Å². The lowest BCUT2D eigenvalue weighted by molar-refractivity contribution is -0.0931. The van der Waals surface area contributed by atoms with Crippen molar-refractivity contribution in [3.05, 3.63) is 11.1 Å². The molecule has 4 fully saturated rings. The maximum Gasteiger partial charge on any atom is 0.0825 e. The van der Waals surface area contributed by atoms with Gasteiger partial charge in [-0.1, -0.05) is 31.9 Å². The van der Waals surface area contributed by atoms with Crippen LogP contribution in [-0.2, 0) is 4.52 Å². The normalized spacial score (nSPS) is 61.4. The summed E-state index contributed by atoms with van der Waals surface area (Å²) in [5.74, 6) is 1.77. The van der Waals surface area contributed by atoms with Crippen molar-refractivity contribution in [1.29, 1.82) is 0 Å². The van der Waals surface area contributed by atoms with Gasteiger partial charge in [0.25, 0.3) is 0 Å². The van der Waals surface area contributed by atoms with E-state index in [1.54, 1.807) is 11.1 Å². The lowest BCUT2D eigenvalue weighted by Crippen LogP contribution is -2.54. The Morgan fingerprint density at radius 1 is 1.15 bits per heavy atom. The SMILES string of the molecule is CC1=C(C)[C@H]2[C@H]3C[C@@H]1P2O[C@@]31C[C@H]2CC[C@]1(C)C2(C)C. The van der Waals surface area contributed by atoms with Gasteiger partial charge >= 0.3 is 0 Å². The van der Waals surface area contributed by atoms with Crippen LogP contribution in [0.3, 0.4) is 0 Å². The van der Waals surface area contributed by atoms with Crippen molar-refractivity contribution in [1.82, 2.24) is 0 Å². The van der Waals surface area contributed by atoms with Crippen molar-refractivity contribution >= 4 is 8.15 Å². The molecule has 110 valence electrons. The van der Waals surface area contributed by atoms with Crippen molar-refractivity contribution in [2.45, 2.75) is 77.2 Å². The molecule has 1 nitrogen and oxygen atoms in total. The molecular formula is C18H27OP. The Hall–Kier alpha value is 0.130. The minimum absolute atomic E-state index is 0.178. The van der Waals surface area contributed by atoms with Gasteiger partial charge in [0.2, 0.25) is 0 Å². The van der Waals surface area contributed by atoms with Gasteiger partial charge in [-0.25, -0.2) is 0 Å². The van der Waals surface area contributed by atoms with Crippen LogP contribution >= 0.6 is 8.15 Å². The second kappa shape index (κ2) is 3.23. The van der Waals surface area contributed by atoms with Crippen LogP contribution in [0.15, 0.2) is 11.1 Å². The van der Waals surface area contributed by atoms with Crippen LogP contribution in [0.5, 0.6) is 0 Å². The first-order chi connectivity index (χ1) is 9.33.